The second-order valence-corrected chi connectivity index (χ2v) is 5.64. The van der Waals surface area contributed by atoms with Crippen LogP contribution >= 0.6 is 0 Å². The van der Waals surface area contributed by atoms with Crippen molar-refractivity contribution >= 4 is 0 Å². The molecule has 0 heterocycles. The maximum absolute atomic E-state index is 13.8. The highest BCUT2D eigenvalue weighted by atomic mass is 19.2. The minimum atomic E-state index is -1.56. The molecule has 1 saturated carbocycles. The molecule has 0 saturated heterocycles. The van der Waals surface area contributed by atoms with Gasteiger partial charge in [0.05, 0.1) is 5.60 Å². The molecule has 0 aliphatic heterocycles. The summed E-state index contributed by atoms with van der Waals surface area (Å²) in [7, 11) is 1.46. The van der Waals surface area contributed by atoms with Gasteiger partial charge in [-0.1, -0.05) is 25.8 Å². The van der Waals surface area contributed by atoms with E-state index in [1.54, 1.807) is 0 Å². The van der Waals surface area contributed by atoms with Crippen LogP contribution < -0.4 is 0 Å². The van der Waals surface area contributed by atoms with Gasteiger partial charge in [0.2, 0.25) is 0 Å². The summed E-state index contributed by atoms with van der Waals surface area (Å²) in [6, 6.07) is 1.91. The molecule has 1 aliphatic rings. The van der Waals surface area contributed by atoms with Gasteiger partial charge in [-0.3, -0.25) is 0 Å². The van der Waals surface area contributed by atoms with Crippen molar-refractivity contribution in [3.63, 3.8) is 0 Å². The third kappa shape index (κ3) is 2.56. The van der Waals surface area contributed by atoms with Gasteiger partial charge in [-0.05, 0) is 24.8 Å². The molecule has 3 atom stereocenters. The quantitative estimate of drug-likeness (QED) is 0.859. The van der Waals surface area contributed by atoms with Gasteiger partial charge in [-0.25, -0.2) is 13.2 Å². The Balaban J connectivity index is 2.38. The van der Waals surface area contributed by atoms with Crippen molar-refractivity contribution in [1.29, 1.82) is 0 Å². The normalized spacial score (nSPS) is 28.4. The van der Waals surface area contributed by atoms with Crippen LogP contribution in [-0.4, -0.2) is 17.8 Å². The Labute approximate surface area is 116 Å². The van der Waals surface area contributed by atoms with Crippen LogP contribution in [0.1, 0.15) is 44.3 Å². The predicted molar refractivity (Wildman–Crippen MR) is 68.6 cm³/mol. The van der Waals surface area contributed by atoms with Crippen molar-refractivity contribution in [2.45, 2.75) is 44.3 Å². The van der Waals surface area contributed by atoms with Gasteiger partial charge in [0.1, 0.15) is 6.10 Å². The Hall–Kier alpha value is -1.07. The first-order valence-electron chi connectivity index (χ1n) is 6.78. The lowest BCUT2D eigenvalue weighted by Gasteiger charge is -2.42. The van der Waals surface area contributed by atoms with Crippen molar-refractivity contribution in [2.24, 2.45) is 5.92 Å². The Kier molecular flexibility index (Phi) is 4.39. The number of ether oxygens (including phenoxy) is 1. The van der Waals surface area contributed by atoms with Gasteiger partial charge in [0.25, 0.3) is 0 Å². The zero-order valence-corrected chi connectivity index (χ0v) is 11.6. The molecule has 20 heavy (non-hydrogen) atoms. The molecule has 5 heteroatoms. The monoisotopic (exact) mass is 288 g/mol. The zero-order chi connectivity index (χ0) is 14.9. The van der Waals surface area contributed by atoms with Crippen LogP contribution in [0.25, 0.3) is 0 Å². The second kappa shape index (κ2) is 5.74. The van der Waals surface area contributed by atoms with Gasteiger partial charge in [0.15, 0.2) is 17.5 Å². The van der Waals surface area contributed by atoms with Gasteiger partial charge in [-0.2, -0.15) is 0 Å². The maximum Gasteiger partial charge on any atom is 0.194 e. The van der Waals surface area contributed by atoms with Crippen molar-refractivity contribution in [1.82, 2.24) is 0 Å². The molecule has 2 nitrogen and oxygen atoms in total. The number of benzene rings is 1. The minimum Gasteiger partial charge on any atom is -0.385 e. The summed E-state index contributed by atoms with van der Waals surface area (Å²) in [4.78, 5) is 0. The fourth-order valence-corrected chi connectivity index (χ4v) is 3.12. The molecule has 2 rings (SSSR count). The SMILES string of the molecule is COC1(C(O)c2ccc(F)c(F)c2F)CCCC(C)C1. The highest BCUT2D eigenvalue weighted by molar-refractivity contribution is 5.25. The number of methoxy groups -OCH3 is 1. The molecule has 3 unspecified atom stereocenters. The number of halogens is 3. The van der Waals surface area contributed by atoms with E-state index in [9.17, 15) is 18.3 Å². The molecule has 1 aromatic rings. The van der Waals surface area contributed by atoms with Gasteiger partial charge < -0.3 is 9.84 Å². The summed E-state index contributed by atoms with van der Waals surface area (Å²) >= 11 is 0. The predicted octanol–water partition coefficient (Wildman–Crippen LogP) is 3.73. The topological polar surface area (TPSA) is 29.5 Å². The Morgan fingerprint density at radius 2 is 2.00 bits per heavy atom. The first kappa shape index (κ1) is 15.3. The third-order valence-corrected chi connectivity index (χ3v) is 4.26. The fraction of sp³-hybridized carbons (Fsp3) is 0.600. The van der Waals surface area contributed by atoms with E-state index in [1.807, 2.05) is 6.92 Å². The van der Waals surface area contributed by atoms with Crippen molar-refractivity contribution in [2.75, 3.05) is 7.11 Å². The smallest absolute Gasteiger partial charge is 0.194 e. The molecule has 112 valence electrons. The molecule has 0 amide bonds. The number of aliphatic hydroxyl groups is 1. The molecule has 1 N–H and O–H groups in total. The summed E-state index contributed by atoms with van der Waals surface area (Å²) in [5.74, 6) is -3.84. The van der Waals surface area contributed by atoms with Crippen LogP contribution in [0.5, 0.6) is 0 Å². The Bertz CT molecular complexity index is 492. The lowest BCUT2D eigenvalue weighted by molar-refractivity contribution is -0.135. The first-order valence-corrected chi connectivity index (χ1v) is 6.78. The van der Waals surface area contributed by atoms with Gasteiger partial charge >= 0.3 is 0 Å². The average Bonchev–Trinajstić information content (AvgIpc) is 2.44. The van der Waals surface area contributed by atoms with E-state index in [0.717, 1.165) is 25.0 Å². The molecular formula is C15H19F3O2. The van der Waals surface area contributed by atoms with Gasteiger partial charge in [-0.15, -0.1) is 0 Å². The van der Waals surface area contributed by atoms with Crippen LogP contribution in [0, 0.1) is 23.4 Å². The highest BCUT2D eigenvalue weighted by Crippen LogP contribution is 2.44. The standard InChI is InChI=1S/C15H19F3O2/c1-9-4-3-7-15(8-9,20-2)14(19)10-5-6-11(16)13(18)12(10)17/h5-6,9,14,19H,3-4,7-8H2,1-2H3. The number of hydrogen-bond donors (Lipinski definition) is 1. The van der Waals surface area contributed by atoms with Crippen LogP contribution in [-0.2, 0) is 4.74 Å². The van der Waals surface area contributed by atoms with Crippen LogP contribution in [0.2, 0.25) is 0 Å². The summed E-state index contributed by atoms with van der Waals surface area (Å²) in [5.41, 5.74) is -1.19. The Morgan fingerprint density at radius 1 is 1.30 bits per heavy atom. The van der Waals surface area contributed by atoms with Crippen molar-refractivity contribution < 1.29 is 23.0 Å². The molecule has 0 spiro atoms. The van der Waals surface area contributed by atoms with Crippen molar-refractivity contribution in [3.8, 4) is 0 Å². The van der Waals surface area contributed by atoms with E-state index in [-0.39, 0.29) is 5.56 Å². The molecule has 1 aliphatic carbocycles. The maximum atomic E-state index is 13.8. The van der Waals surface area contributed by atoms with E-state index in [4.69, 9.17) is 4.74 Å². The molecule has 0 bridgehead atoms. The fourth-order valence-electron chi connectivity index (χ4n) is 3.12. The lowest BCUT2D eigenvalue weighted by atomic mass is 9.74. The van der Waals surface area contributed by atoms with E-state index in [2.05, 4.69) is 0 Å². The summed E-state index contributed by atoms with van der Waals surface area (Å²) in [6.45, 7) is 2.03. The van der Waals surface area contributed by atoms with E-state index < -0.39 is 29.2 Å². The Morgan fingerprint density at radius 3 is 2.60 bits per heavy atom. The minimum absolute atomic E-state index is 0.250. The average molecular weight is 288 g/mol. The molecule has 1 fully saturated rings. The van der Waals surface area contributed by atoms with Crippen LogP contribution in [0.4, 0.5) is 13.2 Å². The second-order valence-electron chi connectivity index (χ2n) is 5.64. The van der Waals surface area contributed by atoms with Crippen LogP contribution in [0.3, 0.4) is 0 Å². The summed E-state index contributed by atoms with van der Waals surface area (Å²) < 4.78 is 45.6. The summed E-state index contributed by atoms with van der Waals surface area (Å²) in [6.07, 6.45) is 1.66. The van der Waals surface area contributed by atoms with Gasteiger partial charge in [0, 0.05) is 12.7 Å². The molecule has 0 radical (unpaired) electrons. The van der Waals surface area contributed by atoms with Crippen molar-refractivity contribution in [3.05, 3.63) is 35.1 Å². The number of aliphatic hydroxyl groups excluding tert-OH is 1. The largest absolute Gasteiger partial charge is 0.385 e. The number of rotatable bonds is 3. The molecule has 0 aromatic heterocycles. The first-order chi connectivity index (χ1) is 9.41. The highest BCUT2D eigenvalue weighted by Gasteiger charge is 2.43. The van der Waals surface area contributed by atoms with E-state index in [1.165, 1.54) is 7.11 Å². The van der Waals surface area contributed by atoms with E-state index in [0.29, 0.717) is 18.8 Å². The van der Waals surface area contributed by atoms with Crippen LogP contribution in [0.15, 0.2) is 12.1 Å². The molecule has 1 aromatic carbocycles. The third-order valence-electron chi connectivity index (χ3n) is 4.26. The molecular weight excluding hydrogens is 269 g/mol. The summed E-state index contributed by atoms with van der Waals surface area (Å²) in [5, 5.41) is 10.5. The lowest BCUT2D eigenvalue weighted by Crippen LogP contribution is -2.43. The number of hydrogen-bond acceptors (Lipinski definition) is 2. The zero-order valence-electron chi connectivity index (χ0n) is 11.6. The van der Waals surface area contributed by atoms with E-state index >= 15 is 0 Å².